The van der Waals surface area contributed by atoms with Gasteiger partial charge in [-0.2, -0.15) is 0 Å². The first-order valence-electron chi connectivity index (χ1n) is 12.5. The number of nitrogens with one attached hydrogen (secondary N) is 1. The number of phosphoric acid groups is 1. The van der Waals surface area contributed by atoms with Crippen molar-refractivity contribution in [3.8, 4) is 5.75 Å². The molecule has 0 saturated carbocycles. The van der Waals surface area contributed by atoms with Crippen LogP contribution in [-0.2, 0) is 33.6 Å². The fourth-order valence-corrected chi connectivity index (χ4v) is 6.79. The number of phosphoric ester groups is 1. The summed E-state index contributed by atoms with van der Waals surface area (Å²) in [5, 5.41) is 10.9. The number of H-pyrrole nitrogens is 1. The maximum Gasteiger partial charge on any atom is 0.479 e. The van der Waals surface area contributed by atoms with E-state index in [2.05, 4.69) is 4.31 Å². The van der Waals surface area contributed by atoms with Gasteiger partial charge in [-0.25, -0.2) is 18.5 Å². The minimum atomic E-state index is -5.21. The Hall–Kier alpha value is -3.39. The fraction of sp³-hybridized carbons (Fsp3) is 0.320. The van der Waals surface area contributed by atoms with Gasteiger partial charge in [-0.1, -0.05) is 30.3 Å². The first kappa shape index (κ1) is 31.5. The highest BCUT2D eigenvalue weighted by Gasteiger charge is 2.49. The highest BCUT2D eigenvalue weighted by molar-refractivity contribution is 7.63. The number of aromatic nitrogens is 2. The van der Waals surface area contributed by atoms with Crippen molar-refractivity contribution in [2.45, 2.75) is 37.6 Å². The van der Waals surface area contributed by atoms with Gasteiger partial charge in [-0.05, 0) is 36.8 Å². The van der Waals surface area contributed by atoms with E-state index in [1.54, 1.807) is 37.3 Å². The maximum absolute atomic E-state index is 12.7. The van der Waals surface area contributed by atoms with Crippen LogP contribution in [0.5, 0.6) is 5.75 Å². The van der Waals surface area contributed by atoms with Crippen molar-refractivity contribution in [3.05, 3.63) is 98.8 Å². The standard InChI is InChI=1S/C25H28N2O13P2/c1-2-36-18-10-8-16(9-11-18)15-41(32,33)40-42(34,35)37-14-19-21(29)22(39-24(30)17-6-4-3-5-7-17)23(38-19)27-13-12-20(28)26-25(27)31/h3-13,19,21-23,29H,2,14-15H2,1H3,(H,32,33)(H,34,35)(H,26,28,31)/t19-,21+,22?,23-/m1/s1. The number of rotatable bonds is 12. The van der Waals surface area contributed by atoms with Gasteiger partial charge in [0.25, 0.3) is 5.56 Å². The van der Waals surface area contributed by atoms with Gasteiger partial charge >= 0.3 is 27.1 Å². The first-order valence-corrected chi connectivity index (χ1v) is 15.8. The number of hydrogen-bond acceptors (Lipinski definition) is 11. The molecule has 1 fully saturated rings. The van der Waals surface area contributed by atoms with Gasteiger partial charge in [0.05, 0.1) is 24.9 Å². The molecular formula is C25H28N2O13P2. The average molecular weight is 626 g/mol. The lowest BCUT2D eigenvalue weighted by atomic mass is 10.1. The second-order valence-corrected chi connectivity index (χ2v) is 12.5. The minimum Gasteiger partial charge on any atom is -0.494 e. The highest BCUT2D eigenvalue weighted by atomic mass is 31.3. The van der Waals surface area contributed by atoms with E-state index in [1.807, 2.05) is 4.98 Å². The SMILES string of the molecule is CCOc1ccc(CP(=O)(O)OP(=O)(O)OC[C@H]2O[C@@H](n3ccc(=O)[nH]c3=O)C(OC(=O)c3ccccc3)[C@H]2O)cc1. The summed E-state index contributed by atoms with van der Waals surface area (Å²) < 4.78 is 51.7. The molecule has 0 radical (unpaired) electrons. The Bertz CT molecular complexity index is 1590. The summed E-state index contributed by atoms with van der Waals surface area (Å²) in [7, 11) is -9.92. The summed E-state index contributed by atoms with van der Waals surface area (Å²) in [6.07, 6.45) is -5.81. The lowest BCUT2D eigenvalue weighted by Gasteiger charge is -2.22. The molecule has 2 heterocycles. The molecule has 6 atom stereocenters. The van der Waals surface area contributed by atoms with Crippen LogP contribution in [0.4, 0.5) is 0 Å². The Morgan fingerprint density at radius 3 is 2.38 bits per heavy atom. The average Bonchev–Trinajstić information content (AvgIpc) is 3.23. The predicted molar refractivity (Wildman–Crippen MR) is 145 cm³/mol. The number of carbonyl (C=O) groups is 1. The topological polar surface area (TPSA) is 213 Å². The number of hydrogen-bond donors (Lipinski definition) is 4. The summed E-state index contributed by atoms with van der Waals surface area (Å²) in [6.45, 7) is 1.33. The van der Waals surface area contributed by atoms with E-state index in [4.69, 9.17) is 18.7 Å². The molecule has 42 heavy (non-hydrogen) atoms. The maximum atomic E-state index is 12.7. The molecule has 1 aliphatic rings. The van der Waals surface area contributed by atoms with Crippen LogP contribution in [0.15, 0.2) is 76.4 Å². The Labute approximate surface area is 238 Å². The van der Waals surface area contributed by atoms with Crippen LogP contribution in [-0.4, -0.2) is 61.9 Å². The van der Waals surface area contributed by atoms with Crippen molar-refractivity contribution in [1.29, 1.82) is 0 Å². The summed E-state index contributed by atoms with van der Waals surface area (Å²) in [6, 6.07) is 14.8. The van der Waals surface area contributed by atoms with Crippen molar-refractivity contribution in [1.82, 2.24) is 9.55 Å². The number of ether oxygens (including phenoxy) is 3. The lowest BCUT2D eigenvalue weighted by Crippen LogP contribution is -2.40. The molecule has 1 aliphatic heterocycles. The number of esters is 1. The normalized spacial score (nSPS) is 23.0. The molecule has 1 saturated heterocycles. The van der Waals surface area contributed by atoms with Gasteiger partial charge in [0.2, 0.25) is 0 Å². The minimum absolute atomic E-state index is 0.122. The van der Waals surface area contributed by atoms with E-state index in [0.29, 0.717) is 17.9 Å². The molecule has 226 valence electrons. The quantitative estimate of drug-likeness (QED) is 0.167. The second-order valence-electron chi connectivity index (χ2n) is 9.03. The van der Waals surface area contributed by atoms with Crippen LogP contribution in [0.2, 0.25) is 0 Å². The summed E-state index contributed by atoms with van der Waals surface area (Å²) in [5.41, 5.74) is -1.23. The van der Waals surface area contributed by atoms with Gasteiger partial charge in [0.1, 0.15) is 18.0 Å². The zero-order valence-electron chi connectivity index (χ0n) is 22.0. The van der Waals surface area contributed by atoms with Gasteiger partial charge in [0, 0.05) is 12.3 Å². The fourth-order valence-electron chi connectivity index (χ4n) is 4.07. The largest absolute Gasteiger partial charge is 0.494 e. The van der Waals surface area contributed by atoms with Crippen molar-refractivity contribution < 1.29 is 51.9 Å². The van der Waals surface area contributed by atoms with Crippen LogP contribution < -0.4 is 16.0 Å². The Balaban J connectivity index is 1.46. The van der Waals surface area contributed by atoms with Crippen LogP contribution in [0.25, 0.3) is 0 Å². The smallest absolute Gasteiger partial charge is 0.479 e. The highest BCUT2D eigenvalue weighted by Crippen LogP contribution is 2.61. The number of carbonyl (C=O) groups excluding carboxylic acids is 1. The van der Waals surface area contributed by atoms with E-state index >= 15 is 0 Å². The number of aliphatic hydroxyl groups excluding tert-OH is 1. The molecule has 0 aliphatic carbocycles. The van der Waals surface area contributed by atoms with Gasteiger partial charge in [0.15, 0.2) is 12.3 Å². The Morgan fingerprint density at radius 2 is 1.74 bits per heavy atom. The van der Waals surface area contributed by atoms with Crippen molar-refractivity contribution in [2.75, 3.05) is 13.2 Å². The molecule has 4 N–H and O–H groups in total. The van der Waals surface area contributed by atoms with Crippen LogP contribution in [0, 0.1) is 0 Å². The molecule has 0 spiro atoms. The third-order valence-corrected chi connectivity index (χ3v) is 9.03. The Morgan fingerprint density at radius 1 is 1.05 bits per heavy atom. The van der Waals surface area contributed by atoms with E-state index in [9.17, 15) is 38.4 Å². The molecule has 3 aromatic rings. The van der Waals surface area contributed by atoms with Gasteiger partial charge in [-0.3, -0.25) is 23.4 Å². The molecule has 15 nitrogen and oxygen atoms in total. The first-order chi connectivity index (χ1) is 19.9. The zero-order chi connectivity index (χ0) is 30.5. The van der Waals surface area contributed by atoms with Crippen molar-refractivity contribution >= 4 is 21.4 Å². The van der Waals surface area contributed by atoms with Crippen LogP contribution in [0.3, 0.4) is 0 Å². The molecule has 0 amide bonds. The monoisotopic (exact) mass is 626 g/mol. The zero-order valence-corrected chi connectivity index (χ0v) is 23.8. The van der Waals surface area contributed by atoms with E-state index < -0.39 is 69.9 Å². The molecule has 1 aromatic heterocycles. The molecule has 2 aromatic carbocycles. The van der Waals surface area contributed by atoms with Crippen molar-refractivity contribution in [3.63, 3.8) is 0 Å². The van der Waals surface area contributed by atoms with Crippen LogP contribution >= 0.6 is 15.4 Å². The number of aliphatic hydroxyl groups is 1. The number of nitrogens with zero attached hydrogens (tertiary/aromatic N) is 1. The van der Waals surface area contributed by atoms with E-state index in [0.717, 1.165) is 16.8 Å². The number of benzene rings is 2. The molecule has 17 heteroatoms. The van der Waals surface area contributed by atoms with E-state index in [-0.39, 0.29) is 5.56 Å². The third kappa shape index (κ3) is 8.12. The summed E-state index contributed by atoms with van der Waals surface area (Å²) in [4.78, 5) is 59.0. The van der Waals surface area contributed by atoms with Crippen molar-refractivity contribution in [2.24, 2.45) is 0 Å². The Kier molecular flexibility index (Phi) is 9.97. The predicted octanol–water partition coefficient (Wildman–Crippen LogP) is 1.94. The lowest BCUT2D eigenvalue weighted by molar-refractivity contribution is -0.0596. The van der Waals surface area contributed by atoms with Gasteiger partial charge < -0.3 is 29.1 Å². The summed E-state index contributed by atoms with van der Waals surface area (Å²) >= 11 is 0. The van der Waals surface area contributed by atoms with Crippen LogP contribution in [0.1, 0.15) is 29.1 Å². The van der Waals surface area contributed by atoms with E-state index in [1.165, 1.54) is 24.3 Å². The second kappa shape index (κ2) is 13.3. The molecule has 0 bridgehead atoms. The molecule has 4 rings (SSSR count). The van der Waals surface area contributed by atoms with Gasteiger partial charge in [-0.15, -0.1) is 0 Å². The molecular weight excluding hydrogens is 598 g/mol. The summed E-state index contributed by atoms with van der Waals surface area (Å²) in [5.74, 6) is -0.352. The number of aromatic amines is 1. The third-order valence-electron chi connectivity index (χ3n) is 5.94. The molecule has 3 unspecified atom stereocenters.